The van der Waals surface area contributed by atoms with E-state index >= 15 is 0 Å². The molecule has 4 N–H and O–H groups in total. The van der Waals surface area contributed by atoms with Crippen LogP contribution in [0.15, 0.2) is 6.07 Å². The van der Waals surface area contributed by atoms with E-state index in [9.17, 15) is 8.78 Å². The molecule has 0 aromatic carbocycles. The summed E-state index contributed by atoms with van der Waals surface area (Å²) in [7, 11) is 0. The minimum absolute atomic E-state index is 0.0712. The molecule has 1 rings (SSSR count). The van der Waals surface area contributed by atoms with E-state index in [1.54, 1.807) is 0 Å². The highest BCUT2D eigenvalue weighted by atomic mass is 35.5. The van der Waals surface area contributed by atoms with Gasteiger partial charge in [0.2, 0.25) is 0 Å². The molecule has 0 aliphatic rings. The predicted octanol–water partition coefficient (Wildman–Crippen LogP) is 1.92. The van der Waals surface area contributed by atoms with Crippen molar-refractivity contribution in [2.24, 2.45) is 0 Å². The molecular weight excluding hydrogens is 200 g/mol. The molecule has 0 saturated heterocycles. The summed E-state index contributed by atoms with van der Waals surface area (Å²) in [6.07, 6.45) is -2.71. The molecule has 1 aromatic rings. The molecule has 0 radical (unpaired) electrons. The number of nitrogen functional groups attached to an aromatic ring is 2. The maximum absolute atomic E-state index is 12.3. The van der Waals surface area contributed by atoms with Gasteiger partial charge in [0.05, 0.1) is 17.1 Å². The first-order valence-corrected chi connectivity index (χ1v) is 3.98. The van der Waals surface area contributed by atoms with E-state index in [0.29, 0.717) is 5.69 Å². The number of hydrogen-bond acceptors (Lipinski definition) is 3. The molecule has 0 aliphatic heterocycles. The van der Waals surface area contributed by atoms with E-state index in [4.69, 9.17) is 23.1 Å². The van der Waals surface area contributed by atoms with Gasteiger partial charge < -0.3 is 11.5 Å². The molecule has 0 unspecified atom stereocenters. The van der Waals surface area contributed by atoms with E-state index < -0.39 is 12.0 Å². The molecule has 1 heterocycles. The van der Waals surface area contributed by atoms with Crippen LogP contribution in [0.25, 0.3) is 0 Å². The van der Waals surface area contributed by atoms with Crippen molar-refractivity contribution in [1.29, 1.82) is 0 Å². The highest BCUT2D eigenvalue weighted by molar-refractivity contribution is 6.16. The second kappa shape index (κ2) is 3.74. The highest BCUT2D eigenvalue weighted by Crippen LogP contribution is 2.29. The average molecular weight is 208 g/mol. The van der Waals surface area contributed by atoms with Crippen LogP contribution in [-0.4, -0.2) is 4.98 Å². The van der Waals surface area contributed by atoms with Gasteiger partial charge in [-0.15, -0.1) is 11.6 Å². The van der Waals surface area contributed by atoms with Crippen molar-refractivity contribution in [2.45, 2.75) is 12.3 Å². The monoisotopic (exact) mass is 207 g/mol. The number of pyridine rings is 1. The van der Waals surface area contributed by atoms with Crippen molar-refractivity contribution in [1.82, 2.24) is 4.98 Å². The Morgan fingerprint density at radius 2 is 2.08 bits per heavy atom. The molecule has 0 fully saturated rings. The Morgan fingerprint density at radius 3 is 2.46 bits per heavy atom. The first-order valence-electron chi connectivity index (χ1n) is 3.45. The second-order valence-electron chi connectivity index (χ2n) is 2.44. The summed E-state index contributed by atoms with van der Waals surface area (Å²) in [5.41, 5.74) is 10.5. The lowest BCUT2D eigenvalue weighted by molar-refractivity contribution is 0.152. The van der Waals surface area contributed by atoms with E-state index in [1.807, 2.05) is 0 Å². The Bertz CT molecular complexity index is 294. The Morgan fingerprint density at radius 1 is 1.46 bits per heavy atom. The minimum atomic E-state index is -2.71. The summed E-state index contributed by atoms with van der Waals surface area (Å²) in [6, 6.07) is 1.30. The molecule has 3 nitrogen and oxygen atoms in total. The number of nitrogens with two attached hydrogens (primary N) is 2. The Balaban J connectivity index is 3.23. The fourth-order valence-corrected chi connectivity index (χ4v) is 1.10. The van der Waals surface area contributed by atoms with Gasteiger partial charge in [0.15, 0.2) is 0 Å². The molecule has 0 saturated carbocycles. The lowest BCUT2D eigenvalue weighted by atomic mass is 10.2. The lowest BCUT2D eigenvalue weighted by Crippen LogP contribution is -2.05. The smallest absolute Gasteiger partial charge is 0.269 e. The Kier molecular flexibility index (Phi) is 2.87. The molecule has 72 valence electrons. The largest absolute Gasteiger partial charge is 0.398 e. The van der Waals surface area contributed by atoms with E-state index in [1.165, 1.54) is 6.07 Å². The van der Waals surface area contributed by atoms with Crippen LogP contribution in [0.1, 0.15) is 17.7 Å². The number of nitrogens with zero attached hydrogens (tertiary/aromatic N) is 1. The van der Waals surface area contributed by atoms with Crippen LogP contribution in [0, 0.1) is 0 Å². The third kappa shape index (κ3) is 1.98. The quantitative estimate of drug-likeness (QED) is 0.729. The fourth-order valence-electron chi connectivity index (χ4n) is 0.959. The van der Waals surface area contributed by atoms with Crippen LogP contribution in [0.2, 0.25) is 0 Å². The first kappa shape index (κ1) is 9.98. The topological polar surface area (TPSA) is 64.9 Å². The number of halogens is 3. The number of hydrogen-bond donors (Lipinski definition) is 2. The van der Waals surface area contributed by atoms with Gasteiger partial charge in [-0.3, -0.25) is 0 Å². The SMILES string of the molecule is Nc1cc(CCl)nc(N)c1C(F)F. The van der Waals surface area contributed by atoms with Crippen LogP contribution in [0.4, 0.5) is 20.3 Å². The van der Waals surface area contributed by atoms with Gasteiger partial charge in [-0.05, 0) is 6.07 Å². The molecule has 0 aliphatic carbocycles. The normalized spacial score (nSPS) is 10.8. The Labute approximate surface area is 78.7 Å². The van der Waals surface area contributed by atoms with Crippen molar-refractivity contribution in [3.05, 3.63) is 17.3 Å². The van der Waals surface area contributed by atoms with Gasteiger partial charge in [0.1, 0.15) is 5.82 Å². The molecule has 13 heavy (non-hydrogen) atoms. The summed E-state index contributed by atoms with van der Waals surface area (Å²) in [6.45, 7) is 0. The summed E-state index contributed by atoms with van der Waals surface area (Å²) >= 11 is 5.44. The van der Waals surface area contributed by atoms with E-state index in [-0.39, 0.29) is 17.4 Å². The average Bonchev–Trinajstić information content (AvgIpc) is 2.02. The maximum atomic E-state index is 12.3. The molecule has 0 amide bonds. The summed E-state index contributed by atoms with van der Waals surface area (Å²) in [5.74, 6) is -0.164. The molecule has 6 heteroatoms. The number of anilines is 2. The number of alkyl halides is 3. The second-order valence-corrected chi connectivity index (χ2v) is 2.70. The van der Waals surface area contributed by atoms with Gasteiger partial charge in [-0.1, -0.05) is 0 Å². The van der Waals surface area contributed by atoms with Crippen LogP contribution in [-0.2, 0) is 5.88 Å². The molecule has 0 bridgehead atoms. The molecule has 0 spiro atoms. The van der Waals surface area contributed by atoms with Crippen molar-refractivity contribution in [3.8, 4) is 0 Å². The first-order chi connectivity index (χ1) is 6.06. The number of aromatic nitrogens is 1. The summed E-state index contributed by atoms with van der Waals surface area (Å²) < 4.78 is 24.6. The maximum Gasteiger partial charge on any atom is 0.269 e. The molecule has 1 aromatic heterocycles. The zero-order valence-electron chi connectivity index (χ0n) is 6.60. The van der Waals surface area contributed by atoms with Gasteiger partial charge in [-0.25, -0.2) is 13.8 Å². The lowest BCUT2D eigenvalue weighted by Gasteiger charge is -2.08. The van der Waals surface area contributed by atoms with Gasteiger partial charge in [0, 0.05) is 5.69 Å². The van der Waals surface area contributed by atoms with Crippen molar-refractivity contribution in [2.75, 3.05) is 11.5 Å². The van der Waals surface area contributed by atoms with E-state index in [2.05, 4.69) is 4.98 Å². The third-order valence-electron chi connectivity index (χ3n) is 1.53. The third-order valence-corrected chi connectivity index (χ3v) is 1.80. The van der Waals surface area contributed by atoms with Crippen LogP contribution in [0.5, 0.6) is 0 Å². The summed E-state index contributed by atoms with van der Waals surface area (Å²) in [4.78, 5) is 3.66. The van der Waals surface area contributed by atoms with Gasteiger partial charge in [0.25, 0.3) is 6.43 Å². The zero-order chi connectivity index (χ0) is 10.0. The molecule has 0 atom stereocenters. The van der Waals surface area contributed by atoms with Gasteiger partial charge in [-0.2, -0.15) is 0 Å². The minimum Gasteiger partial charge on any atom is -0.398 e. The fraction of sp³-hybridized carbons (Fsp3) is 0.286. The summed E-state index contributed by atoms with van der Waals surface area (Å²) in [5, 5.41) is 0. The van der Waals surface area contributed by atoms with Crippen LogP contribution >= 0.6 is 11.6 Å². The predicted molar refractivity (Wildman–Crippen MR) is 47.6 cm³/mol. The van der Waals surface area contributed by atoms with Crippen LogP contribution in [0.3, 0.4) is 0 Å². The highest BCUT2D eigenvalue weighted by Gasteiger charge is 2.17. The van der Waals surface area contributed by atoms with E-state index in [0.717, 1.165) is 0 Å². The zero-order valence-corrected chi connectivity index (χ0v) is 7.35. The van der Waals surface area contributed by atoms with Crippen molar-refractivity contribution < 1.29 is 8.78 Å². The Hall–Kier alpha value is -1.10. The van der Waals surface area contributed by atoms with Crippen molar-refractivity contribution >= 4 is 23.1 Å². The van der Waals surface area contributed by atoms with Gasteiger partial charge >= 0.3 is 0 Å². The standard InChI is InChI=1S/C7H8ClF2N3/c8-2-3-1-4(11)5(6(9)10)7(12)13-3/h1,6H,2H2,(H4,11,12,13). The van der Waals surface area contributed by atoms with Crippen molar-refractivity contribution in [3.63, 3.8) is 0 Å². The number of rotatable bonds is 2. The van der Waals surface area contributed by atoms with Crippen LogP contribution < -0.4 is 11.5 Å². The molecular formula is C7H8ClF2N3.